The van der Waals surface area contributed by atoms with Gasteiger partial charge in [0.25, 0.3) is 0 Å². The van der Waals surface area contributed by atoms with Crippen LogP contribution >= 0.6 is 0 Å². The molecule has 3 aromatic rings. The third-order valence-corrected chi connectivity index (χ3v) is 6.34. The standard InChI is InChI=1S/C15H14F3N5O2S/c16-15(17,18)8-26(24,25)23-6-3-9(7-23)10-1-4-20-14-12(10)11-2-5-19-13(11)21-22-14/h1-2,4-5,9H,3,6-8H2,(H,20,22). The highest BCUT2D eigenvalue weighted by Gasteiger charge is 2.41. The van der Waals surface area contributed by atoms with Crippen molar-refractivity contribution in [3.8, 4) is 0 Å². The van der Waals surface area contributed by atoms with Gasteiger partial charge in [-0.15, -0.1) is 10.2 Å². The van der Waals surface area contributed by atoms with Gasteiger partial charge in [0.1, 0.15) is 0 Å². The molecule has 0 bridgehead atoms. The van der Waals surface area contributed by atoms with Crippen LogP contribution < -0.4 is 0 Å². The van der Waals surface area contributed by atoms with Crippen molar-refractivity contribution in [2.75, 3.05) is 18.8 Å². The van der Waals surface area contributed by atoms with Gasteiger partial charge in [0.2, 0.25) is 10.0 Å². The number of nitrogens with one attached hydrogen (secondary N) is 1. The molecule has 1 atom stereocenters. The van der Waals surface area contributed by atoms with Gasteiger partial charge in [0.15, 0.2) is 17.0 Å². The summed E-state index contributed by atoms with van der Waals surface area (Å²) in [4.78, 5) is 7.10. The lowest BCUT2D eigenvalue weighted by molar-refractivity contribution is -0.106. The quantitative estimate of drug-likeness (QED) is 0.746. The predicted molar refractivity (Wildman–Crippen MR) is 88.0 cm³/mol. The lowest BCUT2D eigenvalue weighted by Crippen LogP contribution is -2.36. The molecule has 11 heteroatoms. The molecule has 7 nitrogen and oxygen atoms in total. The maximum absolute atomic E-state index is 12.5. The maximum atomic E-state index is 12.5. The van der Waals surface area contributed by atoms with E-state index in [4.69, 9.17) is 0 Å². The average Bonchev–Trinajstić information content (AvgIpc) is 3.21. The van der Waals surface area contributed by atoms with E-state index in [-0.39, 0.29) is 19.0 Å². The van der Waals surface area contributed by atoms with Gasteiger partial charge in [-0.25, -0.2) is 17.7 Å². The third kappa shape index (κ3) is 3.01. The van der Waals surface area contributed by atoms with Gasteiger partial charge in [-0.2, -0.15) is 13.2 Å². The van der Waals surface area contributed by atoms with Crippen LogP contribution in [0.2, 0.25) is 0 Å². The van der Waals surface area contributed by atoms with E-state index in [9.17, 15) is 21.6 Å². The van der Waals surface area contributed by atoms with Crippen LogP contribution in [0.4, 0.5) is 13.2 Å². The molecule has 1 aliphatic heterocycles. The number of aromatic amines is 1. The fraction of sp³-hybridized carbons (Fsp3) is 0.400. The molecule has 1 unspecified atom stereocenters. The zero-order chi connectivity index (χ0) is 18.5. The number of sulfonamides is 1. The molecule has 0 radical (unpaired) electrons. The molecule has 0 saturated carbocycles. The monoisotopic (exact) mass is 385 g/mol. The Bertz CT molecular complexity index is 1080. The van der Waals surface area contributed by atoms with Crippen LogP contribution in [0.1, 0.15) is 17.9 Å². The van der Waals surface area contributed by atoms with Crippen molar-refractivity contribution < 1.29 is 21.6 Å². The van der Waals surface area contributed by atoms with Crippen molar-refractivity contribution in [1.82, 2.24) is 24.5 Å². The first-order valence-electron chi connectivity index (χ1n) is 7.87. The maximum Gasteiger partial charge on any atom is 0.404 e. The van der Waals surface area contributed by atoms with Crippen LogP contribution in [0.5, 0.6) is 0 Å². The molecule has 0 aliphatic carbocycles. The van der Waals surface area contributed by atoms with Crippen molar-refractivity contribution in [2.45, 2.75) is 18.5 Å². The molecule has 0 spiro atoms. The molecule has 1 fully saturated rings. The number of rotatable bonds is 3. The molecule has 1 saturated heterocycles. The Labute approximate surface area is 146 Å². The van der Waals surface area contributed by atoms with Crippen LogP contribution in [0, 0.1) is 0 Å². The Hall–Kier alpha value is -2.27. The van der Waals surface area contributed by atoms with Gasteiger partial charge in [0, 0.05) is 36.3 Å². The number of aromatic nitrogens is 4. The first-order chi connectivity index (χ1) is 12.2. The highest BCUT2D eigenvalue weighted by molar-refractivity contribution is 7.89. The molecule has 26 heavy (non-hydrogen) atoms. The summed E-state index contributed by atoms with van der Waals surface area (Å²) in [5, 5.41) is 9.64. The fourth-order valence-corrected chi connectivity index (χ4v) is 4.82. The molecule has 4 rings (SSSR count). The number of hydrogen-bond donors (Lipinski definition) is 1. The Kier molecular flexibility index (Phi) is 3.88. The minimum atomic E-state index is -4.76. The van der Waals surface area contributed by atoms with E-state index >= 15 is 0 Å². The van der Waals surface area contributed by atoms with Gasteiger partial charge in [-0.3, -0.25) is 0 Å². The molecule has 138 valence electrons. The second kappa shape index (κ2) is 5.88. The van der Waals surface area contributed by atoms with E-state index in [1.54, 1.807) is 24.5 Å². The number of pyridine rings is 1. The Morgan fingerprint density at radius 2 is 2.08 bits per heavy atom. The number of fused-ring (bicyclic) bond motifs is 3. The normalized spacial score (nSPS) is 19.6. The lowest BCUT2D eigenvalue weighted by Gasteiger charge is -2.18. The second-order valence-corrected chi connectivity index (χ2v) is 8.22. The van der Waals surface area contributed by atoms with Gasteiger partial charge in [0.05, 0.1) is 0 Å². The Morgan fingerprint density at radius 1 is 1.27 bits per heavy atom. The molecular formula is C15H14F3N5O2S. The molecule has 1 aliphatic rings. The highest BCUT2D eigenvalue weighted by Crippen LogP contribution is 2.35. The van der Waals surface area contributed by atoms with E-state index in [1.807, 2.05) is 0 Å². The molecule has 3 aromatic heterocycles. The summed E-state index contributed by atoms with van der Waals surface area (Å²) >= 11 is 0. The van der Waals surface area contributed by atoms with Crippen LogP contribution in [0.3, 0.4) is 0 Å². The number of H-pyrrole nitrogens is 1. The van der Waals surface area contributed by atoms with Crippen molar-refractivity contribution in [1.29, 1.82) is 0 Å². The SMILES string of the molecule is O=S(=O)(CC(F)(F)F)N1CCC(c2cc[nH]c3nnc4nccc4c23)C1. The van der Waals surface area contributed by atoms with Crippen LogP contribution in [-0.2, 0) is 10.0 Å². The van der Waals surface area contributed by atoms with Crippen molar-refractivity contribution in [3.63, 3.8) is 0 Å². The van der Waals surface area contributed by atoms with Gasteiger partial charge < -0.3 is 4.98 Å². The summed E-state index contributed by atoms with van der Waals surface area (Å²) in [5.41, 5.74) is 1.83. The molecular weight excluding hydrogens is 371 g/mol. The topological polar surface area (TPSA) is 91.8 Å². The van der Waals surface area contributed by atoms with Crippen molar-refractivity contribution in [3.05, 3.63) is 30.1 Å². The third-order valence-electron chi connectivity index (χ3n) is 4.53. The van der Waals surface area contributed by atoms with E-state index in [0.717, 1.165) is 20.6 Å². The summed E-state index contributed by atoms with van der Waals surface area (Å²) in [6.45, 7) is 0.0690. The van der Waals surface area contributed by atoms with Gasteiger partial charge in [-0.05, 0) is 30.0 Å². The first kappa shape index (κ1) is 17.2. The summed E-state index contributed by atoms with van der Waals surface area (Å²) in [7, 11) is -4.38. The van der Waals surface area contributed by atoms with E-state index in [2.05, 4.69) is 20.2 Å². The van der Waals surface area contributed by atoms with Crippen molar-refractivity contribution >= 4 is 32.1 Å². The number of halogens is 3. The smallest absolute Gasteiger partial charge is 0.345 e. The minimum Gasteiger partial charge on any atom is -0.345 e. The fourth-order valence-electron chi connectivity index (χ4n) is 3.44. The molecule has 0 amide bonds. The lowest BCUT2D eigenvalue weighted by atomic mass is 9.95. The summed E-state index contributed by atoms with van der Waals surface area (Å²) in [5.74, 6) is -2.06. The molecule has 4 heterocycles. The van der Waals surface area contributed by atoms with E-state index in [1.165, 1.54) is 0 Å². The summed E-state index contributed by atoms with van der Waals surface area (Å²) in [6, 6.07) is 3.60. The summed E-state index contributed by atoms with van der Waals surface area (Å²) < 4.78 is 62.6. The van der Waals surface area contributed by atoms with Gasteiger partial charge in [-0.1, -0.05) is 0 Å². The van der Waals surface area contributed by atoms with Crippen LogP contribution in [0.15, 0.2) is 24.5 Å². The highest BCUT2D eigenvalue weighted by atomic mass is 32.2. The zero-order valence-electron chi connectivity index (χ0n) is 13.4. The van der Waals surface area contributed by atoms with Crippen LogP contribution in [-0.4, -0.2) is 57.9 Å². The Morgan fingerprint density at radius 3 is 2.85 bits per heavy atom. The van der Waals surface area contributed by atoms with E-state index < -0.39 is 22.0 Å². The van der Waals surface area contributed by atoms with Gasteiger partial charge >= 0.3 is 6.18 Å². The van der Waals surface area contributed by atoms with Crippen molar-refractivity contribution in [2.24, 2.45) is 0 Å². The average molecular weight is 385 g/mol. The number of nitrogens with zero attached hydrogens (tertiary/aromatic N) is 4. The van der Waals surface area contributed by atoms with Crippen LogP contribution in [0.25, 0.3) is 22.1 Å². The number of alkyl halides is 3. The minimum absolute atomic E-state index is 0.00940. The zero-order valence-corrected chi connectivity index (χ0v) is 14.2. The molecule has 0 aromatic carbocycles. The molecule has 1 N–H and O–H groups in total. The Balaban J connectivity index is 1.71. The summed E-state index contributed by atoms with van der Waals surface area (Å²) in [6.07, 6.45) is -1.05. The largest absolute Gasteiger partial charge is 0.404 e. The van der Waals surface area contributed by atoms with E-state index in [0.29, 0.717) is 17.7 Å². The first-order valence-corrected chi connectivity index (χ1v) is 9.48. The predicted octanol–water partition coefficient (Wildman–Crippen LogP) is 2.19. The number of hydrogen-bond acceptors (Lipinski definition) is 5. The second-order valence-electron chi connectivity index (χ2n) is 6.25.